The molecule has 104 valence electrons. The van der Waals surface area contributed by atoms with Crippen LogP contribution >= 0.6 is 0 Å². The Balaban J connectivity index is 0.000000194. The van der Waals surface area contributed by atoms with Gasteiger partial charge in [-0.3, -0.25) is 0 Å². The molecule has 1 heterocycles. The van der Waals surface area contributed by atoms with Crippen molar-refractivity contribution in [3.63, 3.8) is 0 Å². The maximum absolute atomic E-state index is 10.1. The molecule has 1 aromatic heterocycles. The van der Waals surface area contributed by atoms with Crippen LogP contribution in [0.3, 0.4) is 0 Å². The predicted octanol–water partition coefficient (Wildman–Crippen LogP) is 4.50. The molecule has 0 amide bonds. The van der Waals surface area contributed by atoms with Crippen LogP contribution in [0.5, 0.6) is 0 Å². The third-order valence-electron chi connectivity index (χ3n) is 2.67. The summed E-state index contributed by atoms with van der Waals surface area (Å²) in [6.45, 7) is 0. The van der Waals surface area contributed by atoms with Crippen molar-refractivity contribution in [3.8, 4) is 0 Å². The second-order valence-electron chi connectivity index (χ2n) is 4.28. The van der Waals surface area contributed by atoms with Crippen LogP contribution in [-0.2, 0) is 0 Å². The van der Waals surface area contributed by atoms with E-state index in [-0.39, 0.29) is 5.63 Å². The highest BCUT2D eigenvalue weighted by Gasteiger charge is 1.84. The Morgan fingerprint density at radius 1 is 0.619 bits per heavy atom. The van der Waals surface area contributed by atoms with Crippen molar-refractivity contribution in [2.75, 3.05) is 0 Å². The van der Waals surface area contributed by atoms with E-state index in [1.807, 2.05) is 36.4 Å². The van der Waals surface area contributed by atoms with Gasteiger partial charge in [0, 0.05) is 6.07 Å². The van der Waals surface area contributed by atoms with Crippen LogP contribution in [0.2, 0.25) is 0 Å². The van der Waals surface area contributed by atoms with Gasteiger partial charge in [0.05, 0.1) is 6.26 Å². The fourth-order valence-electron chi connectivity index (χ4n) is 1.65. The molecule has 3 aromatic rings. The maximum atomic E-state index is 10.1. The summed E-state index contributed by atoms with van der Waals surface area (Å²) in [5, 5.41) is 0. The number of benzene rings is 2. The van der Waals surface area contributed by atoms with Crippen LogP contribution in [-0.4, -0.2) is 0 Å². The van der Waals surface area contributed by atoms with E-state index in [0.29, 0.717) is 0 Å². The second kappa shape index (κ2) is 8.33. The van der Waals surface area contributed by atoms with Gasteiger partial charge in [-0.25, -0.2) is 4.79 Å². The molecule has 2 aromatic carbocycles. The van der Waals surface area contributed by atoms with Crippen LogP contribution in [0.25, 0.3) is 12.2 Å². The predicted molar refractivity (Wildman–Crippen MR) is 86.8 cm³/mol. The Bertz CT molecular complexity index is 654. The minimum absolute atomic E-state index is 0.303. The van der Waals surface area contributed by atoms with Crippen LogP contribution in [0.15, 0.2) is 94.3 Å². The highest BCUT2D eigenvalue weighted by Crippen LogP contribution is 2.06. The molecule has 2 nitrogen and oxygen atoms in total. The van der Waals surface area contributed by atoms with E-state index >= 15 is 0 Å². The molecule has 3 rings (SSSR count). The highest BCUT2D eigenvalue weighted by molar-refractivity contribution is 5.69. The van der Waals surface area contributed by atoms with Crippen molar-refractivity contribution in [2.24, 2.45) is 0 Å². The Hall–Kier alpha value is -2.87. The van der Waals surface area contributed by atoms with E-state index in [9.17, 15) is 4.79 Å². The zero-order chi connectivity index (χ0) is 14.8. The SMILES string of the molecule is C(=Cc1ccccc1)c1ccccc1.O=c1cccco1. The van der Waals surface area contributed by atoms with Crippen molar-refractivity contribution in [3.05, 3.63) is 107 Å². The average Bonchev–Trinajstić information content (AvgIpc) is 2.56. The van der Waals surface area contributed by atoms with Crippen LogP contribution in [0.1, 0.15) is 11.1 Å². The summed E-state index contributed by atoms with van der Waals surface area (Å²) in [4.78, 5) is 10.1. The van der Waals surface area contributed by atoms with Gasteiger partial charge in [-0.15, -0.1) is 0 Å². The zero-order valence-electron chi connectivity index (χ0n) is 11.6. The summed E-state index contributed by atoms with van der Waals surface area (Å²) in [5.41, 5.74) is 2.16. The first-order valence-corrected chi connectivity index (χ1v) is 6.66. The molecule has 0 radical (unpaired) electrons. The lowest BCUT2D eigenvalue weighted by atomic mass is 10.1. The standard InChI is InChI=1S/C14H12.C5H4O2/c1-3-7-13(8-4-1)11-12-14-9-5-2-6-10-14;6-5-3-1-2-4-7-5/h1-12H;1-4H. The van der Waals surface area contributed by atoms with Crippen molar-refractivity contribution in [2.45, 2.75) is 0 Å². The van der Waals surface area contributed by atoms with Gasteiger partial charge in [-0.05, 0) is 17.2 Å². The van der Waals surface area contributed by atoms with Gasteiger partial charge in [-0.1, -0.05) is 78.9 Å². The maximum Gasteiger partial charge on any atom is 0.335 e. The monoisotopic (exact) mass is 276 g/mol. The van der Waals surface area contributed by atoms with Crippen LogP contribution in [0.4, 0.5) is 0 Å². The molecule has 0 unspecified atom stereocenters. The van der Waals surface area contributed by atoms with Crippen molar-refractivity contribution in [1.29, 1.82) is 0 Å². The summed E-state index contributed by atoms with van der Waals surface area (Å²) >= 11 is 0. The van der Waals surface area contributed by atoms with Gasteiger partial charge in [0.1, 0.15) is 0 Å². The normalized spacial score (nSPS) is 9.90. The van der Waals surface area contributed by atoms with Gasteiger partial charge >= 0.3 is 5.63 Å². The Morgan fingerprint density at radius 2 is 1.10 bits per heavy atom. The van der Waals surface area contributed by atoms with Gasteiger partial charge in [0.25, 0.3) is 0 Å². The van der Waals surface area contributed by atoms with E-state index < -0.39 is 0 Å². The minimum Gasteiger partial charge on any atom is -0.431 e. The van der Waals surface area contributed by atoms with Gasteiger partial charge in [-0.2, -0.15) is 0 Å². The third kappa shape index (κ3) is 5.74. The smallest absolute Gasteiger partial charge is 0.335 e. The Morgan fingerprint density at radius 3 is 1.43 bits per heavy atom. The average molecular weight is 276 g/mol. The summed E-state index contributed by atoms with van der Waals surface area (Å²) in [6.07, 6.45) is 5.59. The lowest BCUT2D eigenvalue weighted by Gasteiger charge is -1.92. The summed E-state index contributed by atoms with van der Waals surface area (Å²) in [7, 11) is 0. The van der Waals surface area contributed by atoms with Crippen molar-refractivity contribution in [1.82, 2.24) is 0 Å². The van der Waals surface area contributed by atoms with Gasteiger partial charge < -0.3 is 4.42 Å². The lowest BCUT2D eigenvalue weighted by Crippen LogP contribution is -1.90. The molecule has 0 saturated carbocycles. The number of hydrogen-bond acceptors (Lipinski definition) is 2. The third-order valence-corrected chi connectivity index (χ3v) is 2.67. The Labute approximate surface area is 124 Å². The molecule has 0 bridgehead atoms. The summed E-state index contributed by atoms with van der Waals surface area (Å²) in [6, 6.07) is 25.3. The minimum atomic E-state index is -0.303. The molecule has 0 atom stereocenters. The van der Waals surface area contributed by atoms with Gasteiger partial charge in [0.15, 0.2) is 0 Å². The molecular formula is C19H16O2. The topological polar surface area (TPSA) is 30.2 Å². The zero-order valence-corrected chi connectivity index (χ0v) is 11.6. The van der Waals surface area contributed by atoms with Crippen LogP contribution in [0, 0.1) is 0 Å². The molecule has 0 aliphatic carbocycles. The summed E-state index contributed by atoms with van der Waals surface area (Å²) < 4.78 is 4.37. The molecule has 21 heavy (non-hydrogen) atoms. The van der Waals surface area contributed by atoms with E-state index in [1.54, 1.807) is 12.1 Å². The first-order valence-electron chi connectivity index (χ1n) is 6.66. The largest absolute Gasteiger partial charge is 0.431 e. The molecule has 0 spiro atoms. The summed E-state index contributed by atoms with van der Waals surface area (Å²) in [5.74, 6) is 0. The Kier molecular flexibility index (Phi) is 5.77. The van der Waals surface area contributed by atoms with E-state index in [4.69, 9.17) is 0 Å². The molecule has 0 fully saturated rings. The fraction of sp³-hybridized carbons (Fsp3) is 0. The van der Waals surface area contributed by atoms with Gasteiger partial charge in [0.2, 0.25) is 0 Å². The molecule has 0 N–H and O–H groups in total. The lowest BCUT2D eigenvalue weighted by molar-refractivity contribution is 0.511. The molecule has 0 aliphatic heterocycles. The van der Waals surface area contributed by atoms with Crippen molar-refractivity contribution >= 4 is 12.2 Å². The fourth-order valence-corrected chi connectivity index (χ4v) is 1.65. The van der Waals surface area contributed by atoms with E-state index in [2.05, 4.69) is 40.8 Å². The number of hydrogen-bond donors (Lipinski definition) is 0. The first kappa shape index (κ1) is 14.5. The second-order valence-corrected chi connectivity index (χ2v) is 4.28. The van der Waals surface area contributed by atoms with E-state index in [1.165, 1.54) is 23.5 Å². The molecule has 0 saturated heterocycles. The molecule has 0 aliphatic rings. The molecular weight excluding hydrogens is 260 g/mol. The molecule has 2 heteroatoms. The van der Waals surface area contributed by atoms with Crippen LogP contribution < -0.4 is 5.63 Å². The highest BCUT2D eigenvalue weighted by atomic mass is 16.4. The first-order chi connectivity index (χ1) is 10.3. The number of rotatable bonds is 2. The quantitative estimate of drug-likeness (QED) is 0.645. The van der Waals surface area contributed by atoms with Crippen molar-refractivity contribution < 1.29 is 4.42 Å². The van der Waals surface area contributed by atoms with E-state index in [0.717, 1.165) is 0 Å².